The van der Waals surface area contributed by atoms with Gasteiger partial charge in [0.05, 0.1) is 0 Å². The quantitative estimate of drug-likeness (QED) is 0.569. The molecule has 1 aliphatic rings. The molecule has 3 aromatic carbocycles. The normalized spacial score (nSPS) is 12.6. The number of phenols is 1. The highest BCUT2D eigenvalue weighted by molar-refractivity contribution is 6.16. The van der Waals surface area contributed by atoms with Crippen molar-refractivity contribution in [3.63, 3.8) is 0 Å². The van der Waals surface area contributed by atoms with Crippen molar-refractivity contribution in [2.24, 2.45) is 0 Å². The molecule has 0 saturated carbocycles. The molecule has 1 N–H and O–H groups in total. The molecular formula is C20H14O2. The molecule has 1 aliphatic carbocycles. The molecule has 0 radical (unpaired) electrons. The Labute approximate surface area is 128 Å². The fraction of sp³-hybridized carbons (Fsp3) is 0.0500. The van der Waals surface area contributed by atoms with Gasteiger partial charge in [0.15, 0.2) is 5.78 Å². The highest BCUT2D eigenvalue weighted by Gasteiger charge is 2.25. The molecule has 22 heavy (non-hydrogen) atoms. The van der Waals surface area contributed by atoms with E-state index in [4.69, 9.17) is 0 Å². The standard InChI is InChI=1S/C20H14O2/c21-16-10-8-13(9-11-16)17-7-3-5-15-12-14-4-1-2-6-18(14)20(22)19(15)17/h1-11,21H,12H2. The van der Waals surface area contributed by atoms with E-state index in [2.05, 4.69) is 0 Å². The van der Waals surface area contributed by atoms with E-state index in [1.807, 2.05) is 54.6 Å². The summed E-state index contributed by atoms with van der Waals surface area (Å²) in [4.78, 5) is 12.9. The van der Waals surface area contributed by atoms with Gasteiger partial charge in [-0.1, -0.05) is 54.6 Å². The highest BCUT2D eigenvalue weighted by atomic mass is 16.3. The SMILES string of the molecule is O=C1c2ccccc2Cc2cccc(-c3ccc(O)cc3)c21. The third-order valence-electron chi connectivity index (χ3n) is 4.20. The van der Waals surface area contributed by atoms with Crippen LogP contribution in [0.4, 0.5) is 0 Å². The lowest BCUT2D eigenvalue weighted by Gasteiger charge is -2.21. The summed E-state index contributed by atoms with van der Waals surface area (Å²) in [6.07, 6.45) is 0.781. The number of carbonyl (C=O) groups is 1. The minimum atomic E-state index is 0.0838. The minimum Gasteiger partial charge on any atom is -0.508 e. The number of rotatable bonds is 1. The van der Waals surface area contributed by atoms with Crippen LogP contribution in [0.25, 0.3) is 11.1 Å². The summed E-state index contributed by atoms with van der Waals surface area (Å²) in [7, 11) is 0. The first-order valence-electron chi connectivity index (χ1n) is 7.28. The Hall–Kier alpha value is -2.87. The molecule has 0 saturated heterocycles. The number of hydrogen-bond acceptors (Lipinski definition) is 2. The lowest BCUT2D eigenvalue weighted by atomic mass is 9.81. The second-order valence-corrected chi connectivity index (χ2v) is 5.55. The maximum atomic E-state index is 12.9. The fourth-order valence-electron chi connectivity index (χ4n) is 3.13. The van der Waals surface area contributed by atoms with Crippen molar-refractivity contribution < 1.29 is 9.90 Å². The van der Waals surface area contributed by atoms with E-state index in [1.54, 1.807) is 12.1 Å². The zero-order valence-corrected chi connectivity index (χ0v) is 11.9. The number of hydrogen-bond donors (Lipinski definition) is 1. The van der Waals surface area contributed by atoms with Gasteiger partial charge in [-0.3, -0.25) is 4.79 Å². The zero-order chi connectivity index (χ0) is 15.1. The van der Waals surface area contributed by atoms with Gasteiger partial charge >= 0.3 is 0 Å². The zero-order valence-electron chi connectivity index (χ0n) is 11.9. The van der Waals surface area contributed by atoms with Crippen LogP contribution >= 0.6 is 0 Å². The number of aromatic hydroxyl groups is 1. The Morgan fingerprint density at radius 2 is 1.41 bits per heavy atom. The van der Waals surface area contributed by atoms with Crippen LogP contribution in [0, 0.1) is 0 Å². The number of ketones is 1. The molecule has 0 aromatic heterocycles. The molecule has 106 valence electrons. The predicted molar refractivity (Wildman–Crippen MR) is 86.2 cm³/mol. The van der Waals surface area contributed by atoms with Crippen LogP contribution in [0.2, 0.25) is 0 Å². The Bertz CT molecular complexity index is 876. The largest absolute Gasteiger partial charge is 0.508 e. The molecule has 4 rings (SSSR count). The number of carbonyl (C=O) groups excluding carboxylic acids is 1. The summed E-state index contributed by atoms with van der Waals surface area (Å²) >= 11 is 0. The number of fused-ring (bicyclic) bond motifs is 2. The summed E-state index contributed by atoms with van der Waals surface area (Å²) in [6.45, 7) is 0. The summed E-state index contributed by atoms with van der Waals surface area (Å²) in [5.41, 5.74) is 5.60. The van der Waals surface area contributed by atoms with Crippen LogP contribution in [0.15, 0.2) is 66.7 Å². The smallest absolute Gasteiger partial charge is 0.194 e. The van der Waals surface area contributed by atoms with Crippen molar-refractivity contribution in [2.75, 3.05) is 0 Å². The van der Waals surface area contributed by atoms with Crippen molar-refractivity contribution in [2.45, 2.75) is 6.42 Å². The van der Waals surface area contributed by atoms with Crippen LogP contribution in [0.3, 0.4) is 0 Å². The molecule has 2 nitrogen and oxygen atoms in total. The van der Waals surface area contributed by atoms with Gasteiger partial charge in [0.2, 0.25) is 0 Å². The van der Waals surface area contributed by atoms with Gasteiger partial charge in [-0.25, -0.2) is 0 Å². The number of benzene rings is 3. The maximum Gasteiger partial charge on any atom is 0.194 e. The average Bonchev–Trinajstić information content (AvgIpc) is 2.55. The van der Waals surface area contributed by atoms with Gasteiger partial charge in [0, 0.05) is 11.1 Å². The van der Waals surface area contributed by atoms with Gasteiger partial charge in [-0.15, -0.1) is 0 Å². The van der Waals surface area contributed by atoms with Gasteiger partial charge in [0.1, 0.15) is 5.75 Å². The molecule has 0 heterocycles. The number of phenolic OH excluding ortho intramolecular Hbond substituents is 1. The molecule has 0 atom stereocenters. The molecule has 3 aromatic rings. The molecule has 0 unspecified atom stereocenters. The summed E-state index contributed by atoms with van der Waals surface area (Å²) in [5, 5.41) is 9.46. The molecular weight excluding hydrogens is 272 g/mol. The molecule has 0 amide bonds. The van der Waals surface area contributed by atoms with Crippen LogP contribution < -0.4 is 0 Å². The Balaban J connectivity index is 1.92. The molecule has 0 fully saturated rings. The van der Waals surface area contributed by atoms with Gasteiger partial charge < -0.3 is 5.11 Å². The second kappa shape index (κ2) is 4.85. The maximum absolute atomic E-state index is 12.9. The monoisotopic (exact) mass is 286 g/mol. The van der Waals surface area contributed by atoms with E-state index in [1.165, 1.54) is 0 Å². The van der Waals surface area contributed by atoms with E-state index in [0.717, 1.165) is 39.8 Å². The Morgan fingerprint density at radius 1 is 0.727 bits per heavy atom. The van der Waals surface area contributed by atoms with Crippen molar-refractivity contribution in [1.82, 2.24) is 0 Å². The Kier molecular flexibility index (Phi) is 2.83. The molecule has 0 spiro atoms. The van der Waals surface area contributed by atoms with E-state index >= 15 is 0 Å². The van der Waals surface area contributed by atoms with E-state index in [9.17, 15) is 9.90 Å². The lowest BCUT2D eigenvalue weighted by molar-refractivity contribution is 0.103. The Morgan fingerprint density at radius 3 is 2.23 bits per heavy atom. The van der Waals surface area contributed by atoms with Crippen LogP contribution in [-0.2, 0) is 6.42 Å². The van der Waals surface area contributed by atoms with Gasteiger partial charge in [-0.05, 0) is 40.8 Å². The molecule has 2 heteroatoms. The van der Waals surface area contributed by atoms with E-state index in [-0.39, 0.29) is 11.5 Å². The first-order chi connectivity index (χ1) is 10.7. The third-order valence-corrected chi connectivity index (χ3v) is 4.20. The topological polar surface area (TPSA) is 37.3 Å². The lowest BCUT2D eigenvalue weighted by Crippen LogP contribution is -2.16. The average molecular weight is 286 g/mol. The predicted octanol–water partition coefficient (Wildman–Crippen LogP) is 4.19. The summed E-state index contributed by atoms with van der Waals surface area (Å²) in [5.74, 6) is 0.311. The van der Waals surface area contributed by atoms with Crippen molar-refractivity contribution in [3.8, 4) is 16.9 Å². The molecule has 0 bridgehead atoms. The highest BCUT2D eigenvalue weighted by Crippen LogP contribution is 2.34. The van der Waals surface area contributed by atoms with Gasteiger partial charge in [0.25, 0.3) is 0 Å². The first kappa shape index (κ1) is 12.8. The first-order valence-corrected chi connectivity index (χ1v) is 7.28. The van der Waals surface area contributed by atoms with Gasteiger partial charge in [-0.2, -0.15) is 0 Å². The summed E-state index contributed by atoms with van der Waals surface area (Å²) in [6, 6.07) is 20.8. The second-order valence-electron chi connectivity index (χ2n) is 5.55. The fourth-order valence-corrected chi connectivity index (χ4v) is 3.13. The third kappa shape index (κ3) is 1.92. The molecule has 0 aliphatic heterocycles. The summed E-state index contributed by atoms with van der Waals surface area (Å²) < 4.78 is 0. The minimum absolute atomic E-state index is 0.0838. The van der Waals surface area contributed by atoms with Crippen molar-refractivity contribution >= 4 is 5.78 Å². The van der Waals surface area contributed by atoms with Crippen molar-refractivity contribution in [3.05, 3.63) is 89.0 Å². The van der Waals surface area contributed by atoms with Crippen LogP contribution in [0.5, 0.6) is 5.75 Å². The van der Waals surface area contributed by atoms with Crippen LogP contribution in [-0.4, -0.2) is 10.9 Å². The van der Waals surface area contributed by atoms with Crippen molar-refractivity contribution in [1.29, 1.82) is 0 Å². The van der Waals surface area contributed by atoms with E-state index < -0.39 is 0 Å². The van der Waals surface area contributed by atoms with Crippen LogP contribution in [0.1, 0.15) is 27.0 Å². The van der Waals surface area contributed by atoms with E-state index in [0.29, 0.717) is 0 Å².